The summed E-state index contributed by atoms with van der Waals surface area (Å²) in [4.78, 5) is 40.1. The zero-order chi connectivity index (χ0) is 20.0. The lowest BCUT2D eigenvalue weighted by Crippen LogP contribution is -2.46. The van der Waals surface area contributed by atoms with Crippen LogP contribution in [0.2, 0.25) is 0 Å². The Kier molecular flexibility index (Phi) is 4.85. The minimum absolute atomic E-state index is 0.0428. The zero-order valence-electron chi connectivity index (χ0n) is 16.2. The molecule has 4 rings (SSSR count). The van der Waals surface area contributed by atoms with E-state index in [2.05, 4.69) is 5.32 Å². The summed E-state index contributed by atoms with van der Waals surface area (Å²) in [5, 5.41) is 3.00. The summed E-state index contributed by atoms with van der Waals surface area (Å²) in [6.45, 7) is 3.34. The molecule has 7 heteroatoms. The Morgan fingerprint density at radius 2 is 1.93 bits per heavy atom. The van der Waals surface area contributed by atoms with Crippen LogP contribution in [0.1, 0.15) is 39.5 Å². The lowest BCUT2D eigenvalue weighted by Gasteiger charge is -2.29. The normalized spacial score (nSPS) is 30.2. The number of imide groups is 1. The molecule has 150 valence electrons. The van der Waals surface area contributed by atoms with Gasteiger partial charge in [0.2, 0.25) is 5.91 Å². The van der Waals surface area contributed by atoms with E-state index in [0.29, 0.717) is 17.5 Å². The largest absolute Gasteiger partial charge is 0.352 e. The van der Waals surface area contributed by atoms with E-state index in [0.717, 1.165) is 17.2 Å². The second-order valence-corrected chi connectivity index (χ2v) is 8.42. The number of hydrogen-bond donors (Lipinski definition) is 1. The van der Waals surface area contributed by atoms with Crippen LogP contribution in [-0.4, -0.2) is 41.4 Å². The van der Waals surface area contributed by atoms with Crippen LogP contribution >= 0.6 is 0 Å². The first kappa shape index (κ1) is 18.9. The number of urea groups is 1. The molecule has 0 aromatic heterocycles. The lowest BCUT2D eigenvalue weighted by molar-refractivity contribution is -0.132. The summed E-state index contributed by atoms with van der Waals surface area (Å²) >= 11 is 0. The van der Waals surface area contributed by atoms with Crippen molar-refractivity contribution in [3.8, 4) is 0 Å². The molecule has 2 bridgehead atoms. The summed E-state index contributed by atoms with van der Waals surface area (Å²) in [7, 11) is 0. The van der Waals surface area contributed by atoms with Gasteiger partial charge >= 0.3 is 6.03 Å². The highest BCUT2D eigenvalue weighted by Gasteiger charge is 2.45. The number of halogens is 1. The number of hydrogen-bond acceptors (Lipinski definition) is 3. The van der Waals surface area contributed by atoms with Gasteiger partial charge in [-0.15, -0.1) is 0 Å². The molecule has 3 aliphatic rings. The molecule has 6 nitrogen and oxygen atoms in total. The molecule has 1 heterocycles. The maximum Gasteiger partial charge on any atom is 0.332 e. The van der Waals surface area contributed by atoms with Crippen LogP contribution in [0, 0.1) is 23.6 Å². The van der Waals surface area contributed by atoms with E-state index in [4.69, 9.17) is 0 Å². The van der Waals surface area contributed by atoms with Gasteiger partial charge in [-0.05, 0) is 75.1 Å². The van der Waals surface area contributed by atoms with Crippen LogP contribution in [0.4, 0.5) is 14.9 Å². The summed E-state index contributed by atoms with van der Waals surface area (Å²) < 4.78 is 13.2. The van der Waals surface area contributed by atoms with E-state index < -0.39 is 23.8 Å². The highest BCUT2D eigenvalue weighted by molar-refractivity contribution is 6.15. The predicted molar refractivity (Wildman–Crippen MR) is 102 cm³/mol. The fourth-order valence-electron chi connectivity index (χ4n) is 5.26. The van der Waals surface area contributed by atoms with Gasteiger partial charge in [0.05, 0.1) is 0 Å². The van der Waals surface area contributed by atoms with Crippen molar-refractivity contribution >= 4 is 23.5 Å². The van der Waals surface area contributed by atoms with Gasteiger partial charge in [-0.2, -0.15) is 0 Å². The number of carbonyl (C=O) groups excluding carboxylic acids is 3. The Bertz CT molecular complexity index is 797. The molecule has 5 atom stereocenters. The van der Waals surface area contributed by atoms with Crippen molar-refractivity contribution in [3.63, 3.8) is 0 Å². The third kappa shape index (κ3) is 3.27. The molecular formula is C21H26FN3O3. The molecule has 28 heavy (non-hydrogen) atoms. The molecule has 0 spiro atoms. The lowest BCUT2D eigenvalue weighted by atomic mass is 9.84. The third-order valence-corrected chi connectivity index (χ3v) is 6.68. The Hall–Kier alpha value is -2.44. The number of benzene rings is 1. The Morgan fingerprint density at radius 1 is 1.21 bits per heavy atom. The number of anilines is 1. The van der Waals surface area contributed by atoms with Crippen molar-refractivity contribution in [2.45, 2.75) is 51.6 Å². The van der Waals surface area contributed by atoms with Gasteiger partial charge in [0.25, 0.3) is 5.91 Å². The van der Waals surface area contributed by atoms with Crippen molar-refractivity contribution in [1.82, 2.24) is 10.2 Å². The van der Waals surface area contributed by atoms with Crippen molar-refractivity contribution < 1.29 is 18.8 Å². The standard InChI is InChI=1S/C21H26FN3O3/c1-12(18-10-14-3-4-15(18)9-14)23-19(26)11-24-20(27)13(2)25(21(24)28)17-7-5-16(22)6-8-17/h5-8,12-15,18H,3-4,9-11H2,1-2H3,(H,23,26). The maximum absolute atomic E-state index is 13.2. The molecule has 5 unspecified atom stereocenters. The second-order valence-electron chi connectivity index (χ2n) is 8.42. The van der Waals surface area contributed by atoms with Crippen LogP contribution in [0.5, 0.6) is 0 Å². The average Bonchev–Trinajstić information content (AvgIpc) is 3.34. The van der Waals surface area contributed by atoms with Gasteiger partial charge in [-0.3, -0.25) is 19.4 Å². The van der Waals surface area contributed by atoms with Crippen molar-refractivity contribution in [1.29, 1.82) is 0 Å². The van der Waals surface area contributed by atoms with Crippen LogP contribution in [0.3, 0.4) is 0 Å². The smallest absolute Gasteiger partial charge is 0.332 e. The quantitative estimate of drug-likeness (QED) is 0.790. The highest BCUT2D eigenvalue weighted by Crippen LogP contribution is 2.49. The van der Waals surface area contributed by atoms with Gasteiger partial charge in [0.1, 0.15) is 18.4 Å². The first-order valence-electron chi connectivity index (χ1n) is 10.0. The minimum atomic E-state index is -0.728. The van der Waals surface area contributed by atoms with Gasteiger partial charge in [0, 0.05) is 11.7 Å². The molecule has 3 fully saturated rings. The van der Waals surface area contributed by atoms with Gasteiger partial charge in [-0.25, -0.2) is 9.18 Å². The highest BCUT2D eigenvalue weighted by atomic mass is 19.1. The molecule has 1 aliphatic heterocycles. The molecule has 0 radical (unpaired) electrons. The Morgan fingerprint density at radius 3 is 2.54 bits per heavy atom. The Labute approximate surface area is 164 Å². The van der Waals surface area contributed by atoms with Gasteiger partial charge in [0.15, 0.2) is 0 Å². The maximum atomic E-state index is 13.2. The average molecular weight is 387 g/mol. The van der Waals surface area contributed by atoms with E-state index >= 15 is 0 Å². The van der Waals surface area contributed by atoms with E-state index in [1.54, 1.807) is 6.92 Å². The van der Waals surface area contributed by atoms with E-state index in [-0.39, 0.29) is 18.5 Å². The Balaban J connectivity index is 1.39. The van der Waals surface area contributed by atoms with Crippen LogP contribution < -0.4 is 10.2 Å². The number of rotatable bonds is 5. The molecule has 2 aliphatic carbocycles. The van der Waals surface area contributed by atoms with Crippen LogP contribution in [0.15, 0.2) is 24.3 Å². The van der Waals surface area contributed by atoms with Crippen molar-refractivity contribution in [2.24, 2.45) is 17.8 Å². The number of carbonyl (C=O) groups is 3. The monoisotopic (exact) mass is 387 g/mol. The first-order chi connectivity index (χ1) is 13.3. The number of nitrogens with zero attached hydrogens (tertiary/aromatic N) is 2. The summed E-state index contributed by atoms with van der Waals surface area (Å²) in [6, 6.07) is 4.16. The minimum Gasteiger partial charge on any atom is -0.352 e. The van der Waals surface area contributed by atoms with E-state index in [1.165, 1.54) is 48.4 Å². The van der Waals surface area contributed by atoms with Crippen molar-refractivity contribution in [3.05, 3.63) is 30.1 Å². The number of nitrogens with one attached hydrogen (secondary N) is 1. The molecule has 1 saturated heterocycles. The number of amides is 4. The van der Waals surface area contributed by atoms with Gasteiger partial charge in [-0.1, -0.05) is 6.42 Å². The number of fused-ring (bicyclic) bond motifs is 2. The van der Waals surface area contributed by atoms with Crippen LogP contribution in [-0.2, 0) is 9.59 Å². The third-order valence-electron chi connectivity index (χ3n) is 6.68. The molecule has 1 N–H and O–H groups in total. The second kappa shape index (κ2) is 7.18. The fraction of sp³-hybridized carbons (Fsp3) is 0.571. The van der Waals surface area contributed by atoms with E-state index in [9.17, 15) is 18.8 Å². The zero-order valence-corrected chi connectivity index (χ0v) is 16.2. The predicted octanol–water partition coefficient (Wildman–Crippen LogP) is 2.92. The molecule has 4 amide bonds. The summed E-state index contributed by atoms with van der Waals surface area (Å²) in [5.41, 5.74) is 0.436. The van der Waals surface area contributed by atoms with Crippen LogP contribution in [0.25, 0.3) is 0 Å². The first-order valence-corrected chi connectivity index (χ1v) is 10.0. The summed E-state index contributed by atoms with van der Waals surface area (Å²) in [6.07, 6.45) is 4.96. The van der Waals surface area contributed by atoms with E-state index in [1.807, 2.05) is 6.92 Å². The summed E-state index contributed by atoms with van der Waals surface area (Å²) in [5.74, 6) is 0.815. The topological polar surface area (TPSA) is 69.7 Å². The SMILES string of the molecule is CC(NC(=O)CN1C(=O)C(C)N(c2ccc(F)cc2)C1=O)C1CC2CCC1C2. The fourth-order valence-corrected chi connectivity index (χ4v) is 5.26. The van der Waals surface area contributed by atoms with Crippen molar-refractivity contribution in [2.75, 3.05) is 11.4 Å². The molecule has 2 saturated carbocycles. The van der Waals surface area contributed by atoms with Gasteiger partial charge < -0.3 is 5.32 Å². The molecule has 1 aromatic rings. The molecule has 1 aromatic carbocycles. The molecular weight excluding hydrogens is 361 g/mol.